The molecule has 202 valence electrons. The summed E-state index contributed by atoms with van der Waals surface area (Å²) in [6.45, 7) is 2.92. The van der Waals surface area contributed by atoms with E-state index in [1.54, 1.807) is 0 Å². The fourth-order valence-electron chi connectivity index (χ4n) is 6.10. The number of aliphatic imine (C=N–C) groups is 1. The van der Waals surface area contributed by atoms with Gasteiger partial charge >= 0.3 is 202 Å². The molecule has 0 radical (unpaired) electrons. The molecule has 38 heavy (non-hydrogen) atoms. The van der Waals surface area contributed by atoms with Gasteiger partial charge in [0.2, 0.25) is 0 Å². The molecule has 6 N–H and O–H groups in total. The summed E-state index contributed by atoms with van der Waals surface area (Å²) in [7, 11) is 6.52. The summed E-state index contributed by atoms with van der Waals surface area (Å²) >= 11 is 0. The van der Waals surface area contributed by atoms with Crippen molar-refractivity contribution in [3.8, 4) is 11.5 Å². The van der Waals surface area contributed by atoms with E-state index < -0.39 is 71.0 Å². The molecule has 1 aromatic rings. The van der Waals surface area contributed by atoms with Crippen LogP contribution in [0.5, 0.6) is 11.5 Å². The predicted molar refractivity (Wildman–Crippen MR) is 136 cm³/mol. The summed E-state index contributed by atoms with van der Waals surface area (Å²) in [4.78, 5) is 31.0. The van der Waals surface area contributed by atoms with Gasteiger partial charge in [-0.15, -0.1) is 0 Å². The number of halogens is 2. The van der Waals surface area contributed by atoms with Gasteiger partial charge in [0.25, 0.3) is 6.43 Å². The Morgan fingerprint density at radius 1 is 1.39 bits per heavy atom. The van der Waals surface area contributed by atoms with Crippen LogP contribution in [0.1, 0.15) is 27.9 Å². The van der Waals surface area contributed by atoms with Crippen LogP contribution in [0.4, 0.5) is 8.78 Å². The number of fused-ring (bicyclic) bond motifs is 3. The quantitative estimate of drug-likeness (QED) is 0.250. The van der Waals surface area contributed by atoms with Crippen LogP contribution in [0, 0.1) is 11.8 Å². The monoisotopic (exact) mass is 531 g/mol. The van der Waals surface area contributed by atoms with E-state index in [4.69, 9.17) is 10.5 Å². The topological polar surface area (TPSA) is 166 Å². The number of allylic oxidation sites excluding steroid dienone is 1. The number of hydrogen-bond donors (Lipinski definition) is 5. The molecule has 0 bridgehead atoms. The van der Waals surface area contributed by atoms with Crippen LogP contribution in [0.25, 0.3) is 0 Å². The second kappa shape index (κ2) is 9.62. The molecule has 1 amide bonds. The molecular formula is C25H28BF2N3O7. The maximum absolute atomic E-state index is 13.7. The van der Waals surface area contributed by atoms with E-state index in [9.17, 15) is 38.8 Å². The van der Waals surface area contributed by atoms with E-state index in [0.717, 1.165) is 0 Å². The molecule has 0 unspecified atom stereocenters. The van der Waals surface area contributed by atoms with Crippen LogP contribution in [0.15, 0.2) is 33.7 Å². The van der Waals surface area contributed by atoms with Crippen LogP contribution in [0.2, 0.25) is 0 Å². The standard InChI is InChI=1S/C25H28BF2N3O7/c1-30-18-12-5-9-4-11-16(13(32)6-10(21(11)38-3)7-31(2)8-14(27)28)19(33)15(9)23(35)25(12,37)22(26)17(20(18)34)24(29)36/h6,9,12,14,18,26,32,34-35,37H,1,4-5,7-8H2,2-3H3,(H2,29,36)/t9-,12-,18-,25+/m0/s1. The van der Waals surface area contributed by atoms with Crippen molar-refractivity contribution >= 4 is 31.4 Å². The number of primary amides is 1. The molecule has 4 rings (SSSR count). The number of methoxy groups -OCH3 is 1. The number of ketones is 1. The summed E-state index contributed by atoms with van der Waals surface area (Å²) in [5, 5.41) is 44.6. The van der Waals surface area contributed by atoms with Gasteiger partial charge in [0.15, 0.2) is 0 Å². The number of Topliss-reactive ketones (excluding diaryl/α,β-unsaturated/α-hetero) is 1. The van der Waals surface area contributed by atoms with E-state index in [1.807, 2.05) is 0 Å². The number of carbonyl (C=O) groups is 2. The Morgan fingerprint density at radius 3 is 2.61 bits per heavy atom. The van der Waals surface area contributed by atoms with Gasteiger partial charge in [0, 0.05) is 0 Å². The molecule has 0 saturated heterocycles. The number of carbonyl (C=O) groups excluding carboxylic acids is 2. The van der Waals surface area contributed by atoms with Gasteiger partial charge in [-0.2, -0.15) is 0 Å². The van der Waals surface area contributed by atoms with E-state index in [0.29, 0.717) is 11.1 Å². The number of aromatic hydroxyl groups is 1. The Kier molecular flexibility index (Phi) is 6.96. The van der Waals surface area contributed by atoms with Gasteiger partial charge in [0.05, 0.1) is 0 Å². The molecule has 0 saturated carbocycles. The predicted octanol–water partition coefficient (Wildman–Crippen LogP) is 0.469. The van der Waals surface area contributed by atoms with Gasteiger partial charge in [0.1, 0.15) is 0 Å². The summed E-state index contributed by atoms with van der Waals surface area (Å²) < 4.78 is 31.3. The first kappa shape index (κ1) is 27.5. The number of aliphatic hydroxyl groups is 3. The second-order valence-corrected chi connectivity index (χ2v) is 9.86. The molecular weight excluding hydrogens is 503 g/mol. The molecule has 0 aromatic heterocycles. The van der Waals surface area contributed by atoms with Crippen molar-refractivity contribution in [1.82, 2.24) is 4.90 Å². The van der Waals surface area contributed by atoms with Gasteiger partial charge in [-0.25, -0.2) is 8.78 Å². The number of benzene rings is 1. The molecule has 0 heterocycles. The summed E-state index contributed by atoms with van der Waals surface area (Å²) in [6, 6.07) is 0.0109. The molecule has 10 nitrogen and oxygen atoms in total. The fourth-order valence-corrected chi connectivity index (χ4v) is 6.10. The van der Waals surface area contributed by atoms with Crippen molar-refractivity contribution in [3.05, 3.63) is 45.4 Å². The number of nitrogens with zero attached hydrogens (tertiary/aromatic N) is 2. The third-order valence-electron chi connectivity index (χ3n) is 7.67. The molecule has 3 aliphatic rings. The molecule has 4 atom stereocenters. The normalized spacial score (nSPS) is 26.8. The first-order chi connectivity index (χ1) is 17.8. The van der Waals surface area contributed by atoms with E-state index in [1.165, 1.54) is 25.1 Å². The number of nitrogens with two attached hydrogens (primary N) is 1. The molecule has 1 aromatic carbocycles. The zero-order valence-electron chi connectivity index (χ0n) is 20.9. The molecule has 0 aliphatic heterocycles. The number of amides is 1. The van der Waals surface area contributed by atoms with Gasteiger partial charge in [-0.1, -0.05) is 0 Å². The van der Waals surface area contributed by atoms with E-state index in [-0.39, 0.29) is 41.7 Å². The third kappa shape index (κ3) is 3.92. The number of phenols is 1. The average molecular weight is 531 g/mol. The Balaban J connectivity index is 1.87. The number of aliphatic hydroxyl groups excluding tert-OH is 2. The molecule has 0 spiro atoms. The zero-order valence-corrected chi connectivity index (χ0v) is 20.9. The van der Waals surface area contributed by atoms with Crippen molar-refractivity contribution in [1.29, 1.82) is 0 Å². The van der Waals surface area contributed by atoms with Crippen LogP contribution < -0.4 is 10.5 Å². The molecule has 13 heteroatoms. The zero-order chi connectivity index (χ0) is 28.3. The number of phenolic OH excluding ortho intramolecular Hbond substituents is 1. The average Bonchev–Trinajstić information content (AvgIpc) is 2.81. The van der Waals surface area contributed by atoms with E-state index in [2.05, 4.69) is 19.2 Å². The summed E-state index contributed by atoms with van der Waals surface area (Å²) in [5.41, 5.74) is 2.49. The number of alkyl halides is 2. The SMILES string of the molecule is B=C1C(C(N)=O)=C(O)[C@@H](N=C)[C@@H]2C[C@@H]3Cc4c(OC)c(CN(C)CC(F)F)cc(O)c4C(=O)C3=C(O)[C@]12O. The van der Waals surface area contributed by atoms with Gasteiger partial charge in [-0.05, 0) is 0 Å². The Morgan fingerprint density at radius 2 is 2.05 bits per heavy atom. The minimum absolute atomic E-state index is 0.000374. The van der Waals surface area contributed by atoms with Crippen molar-refractivity contribution < 1.29 is 43.5 Å². The minimum atomic E-state index is -2.58. The van der Waals surface area contributed by atoms with Crippen LogP contribution in [-0.4, -0.2) is 95.5 Å². The third-order valence-corrected chi connectivity index (χ3v) is 7.67. The maximum atomic E-state index is 13.7. The molecule has 0 fully saturated rings. The number of hydrogen-bond acceptors (Lipinski definition) is 9. The summed E-state index contributed by atoms with van der Waals surface area (Å²) in [5.74, 6) is -5.20. The number of ether oxygens (including phenoxy) is 1. The van der Waals surface area contributed by atoms with Crippen molar-refractivity contribution in [2.75, 3.05) is 20.7 Å². The van der Waals surface area contributed by atoms with Gasteiger partial charge in [-0.3, -0.25) is 0 Å². The first-order valence-corrected chi connectivity index (χ1v) is 11.8. The second-order valence-electron chi connectivity index (χ2n) is 9.86. The van der Waals surface area contributed by atoms with Crippen molar-refractivity contribution in [2.45, 2.75) is 37.5 Å². The van der Waals surface area contributed by atoms with Crippen LogP contribution in [-0.2, 0) is 17.8 Å². The Hall–Kier alpha value is -3.58. The van der Waals surface area contributed by atoms with Crippen LogP contribution in [0.3, 0.4) is 0 Å². The fraction of sp³-hybridized carbons (Fsp3) is 0.440. The van der Waals surface area contributed by atoms with Crippen LogP contribution >= 0.6 is 0 Å². The van der Waals surface area contributed by atoms with Gasteiger partial charge < -0.3 is 0 Å². The molecule has 3 aliphatic carbocycles. The Bertz CT molecular complexity index is 1330. The van der Waals surface area contributed by atoms with E-state index >= 15 is 0 Å². The van der Waals surface area contributed by atoms with Crippen molar-refractivity contribution in [3.63, 3.8) is 0 Å². The van der Waals surface area contributed by atoms with Crippen molar-refractivity contribution in [2.24, 2.45) is 22.6 Å². The summed E-state index contributed by atoms with van der Waals surface area (Å²) in [6.07, 6.45) is -2.51. The number of rotatable bonds is 7. The Labute approximate surface area is 217 Å². The first-order valence-electron chi connectivity index (χ1n) is 11.8.